The lowest BCUT2D eigenvalue weighted by Gasteiger charge is -2.29. The number of carbonyl (C=O) groups excluding carboxylic acids is 1. The molecule has 0 N–H and O–H groups in total. The second-order valence-corrected chi connectivity index (χ2v) is 8.84. The molecule has 2 heterocycles. The van der Waals surface area contributed by atoms with Crippen molar-refractivity contribution in [3.63, 3.8) is 0 Å². The molecule has 2 unspecified atom stereocenters. The number of hydrogen-bond acceptors (Lipinski definition) is 3. The molecular weight excluding hydrogens is 324 g/mol. The Bertz CT molecular complexity index is 675. The molecule has 24 heavy (non-hydrogen) atoms. The maximum atomic E-state index is 13.0. The molecule has 2 fully saturated rings. The van der Waals surface area contributed by atoms with Crippen LogP contribution in [0.25, 0.3) is 0 Å². The highest BCUT2D eigenvalue weighted by atomic mass is 32.2. The van der Waals surface area contributed by atoms with Crippen LogP contribution in [0.5, 0.6) is 0 Å². The summed E-state index contributed by atoms with van der Waals surface area (Å²) in [5.41, 5.74) is 0. The third-order valence-corrected chi connectivity index (χ3v) is 7.09. The molecule has 6 heteroatoms. The van der Waals surface area contributed by atoms with Crippen LogP contribution in [-0.4, -0.2) is 49.2 Å². The lowest BCUT2D eigenvalue weighted by atomic mass is 10.0. The first kappa shape index (κ1) is 17.4. The zero-order valence-corrected chi connectivity index (χ0v) is 15.0. The van der Waals surface area contributed by atoms with E-state index in [1.165, 1.54) is 4.31 Å². The van der Waals surface area contributed by atoms with Gasteiger partial charge in [-0.05, 0) is 50.2 Å². The third-order valence-electron chi connectivity index (χ3n) is 5.17. The van der Waals surface area contributed by atoms with E-state index in [1.54, 1.807) is 30.3 Å². The SMILES string of the molecule is CC1CCCN(C(=O)C2CCCN2S(=O)(=O)c2ccccc2)CC1. The molecular formula is C18H26N2O3S. The van der Waals surface area contributed by atoms with Crippen molar-refractivity contribution in [3.05, 3.63) is 30.3 Å². The molecule has 2 aliphatic heterocycles. The molecule has 5 nitrogen and oxygen atoms in total. The van der Waals surface area contributed by atoms with Crippen molar-refractivity contribution in [1.29, 1.82) is 0 Å². The number of carbonyl (C=O) groups is 1. The highest BCUT2D eigenvalue weighted by Crippen LogP contribution is 2.28. The highest BCUT2D eigenvalue weighted by molar-refractivity contribution is 7.89. The normalized spacial score (nSPS) is 26.3. The number of rotatable bonds is 3. The summed E-state index contributed by atoms with van der Waals surface area (Å²) in [6.07, 6.45) is 4.51. The van der Waals surface area contributed by atoms with Crippen LogP contribution in [0.15, 0.2) is 35.2 Å². The van der Waals surface area contributed by atoms with Gasteiger partial charge in [0.05, 0.1) is 4.90 Å². The van der Waals surface area contributed by atoms with Crippen molar-refractivity contribution in [2.24, 2.45) is 5.92 Å². The van der Waals surface area contributed by atoms with E-state index in [0.717, 1.165) is 38.8 Å². The predicted octanol–water partition coefficient (Wildman–Crippen LogP) is 2.49. The fraction of sp³-hybridized carbons (Fsp3) is 0.611. The van der Waals surface area contributed by atoms with Crippen LogP contribution in [0.1, 0.15) is 39.0 Å². The molecule has 2 aliphatic rings. The first-order chi connectivity index (χ1) is 11.5. The van der Waals surface area contributed by atoms with Gasteiger partial charge in [-0.3, -0.25) is 4.79 Å². The number of sulfonamides is 1. The van der Waals surface area contributed by atoms with Crippen LogP contribution < -0.4 is 0 Å². The fourth-order valence-electron chi connectivity index (χ4n) is 3.70. The van der Waals surface area contributed by atoms with Crippen LogP contribution >= 0.6 is 0 Å². The van der Waals surface area contributed by atoms with Crippen molar-refractivity contribution in [2.75, 3.05) is 19.6 Å². The third kappa shape index (κ3) is 3.49. The Morgan fingerprint density at radius 1 is 1.00 bits per heavy atom. The zero-order valence-electron chi connectivity index (χ0n) is 14.2. The Hall–Kier alpha value is -1.40. The van der Waals surface area contributed by atoms with Crippen molar-refractivity contribution in [1.82, 2.24) is 9.21 Å². The number of likely N-dealkylation sites (tertiary alicyclic amines) is 1. The van der Waals surface area contributed by atoms with Gasteiger partial charge in [-0.25, -0.2) is 8.42 Å². The maximum absolute atomic E-state index is 13.0. The van der Waals surface area contributed by atoms with E-state index in [-0.39, 0.29) is 10.8 Å². The Morgan fingerprint density at radius 2 is 1.71 bits per heavy atom. The summed E-state index contributed by atoms with van der Waals surface area (Å²) >= 11 is 0. The van der Waals surface area contributed by atoms with Crippen LogP contribution in [-0.2, 0) is 14.8 Å². The van der Waals surface area contributed by atoms with Gasteiger partial charge < -0.3 is 4.90 Å². The molecule has 0 radical (unpaired) electrons. The van der Waals surface area contributed by atoms with Gasteiger partial charge in [0.2, 0.25) is 15.9 Å². The first-order valence-corrected chi connectivity index (χ1v) is 10.3. The number of benzene rings is 1. The van der Waals surface area contributed by atoms with Gasteiger partial charge in [-0.15, -0.1) is 0 Å². The van der Waals surface area contributed by atoms with Crippen molar-refractivity contribution in [2.45, 2.75) is 50.0 Å². The summed E-state index contributed by atoms with van der Waals surface area (Å²) in [5.74, 6) is 0.622. The first-order valence-electron chi connectivity index (χ1n) is 8.86. The minimum absolute atomic E-state index is 0.0129. The van der Waals surface area contributed by atoms with Gasteiger partial charge in [0, 0.05) is 19.6 Å². The van der Waals surface area contributed by atoms with Gasteiger partial charge >= 0.3 is 0 Å². The highest BCUT2D eigenvalue weighted by Gasteiger charge is 2.41. The molecule has 0 bridgehead atoms. The molecule has 3 rings (SSSR count). The van der Waals surface area contributed by atoms with Crippen molar-refractivity contribution < 1.29 is 13.2 Å². The average molecular weight is 350 g/mol. The smallest absolute Gasteiger partial charge is 0.243 e. The molecule has 1 aromatic rings. The molecule has 0 aliphatic carbocycles. The van der Waals surface area contributed by atoms with Gasteiger partial charge in [-0.1, -0.05) is 25.1 Å². The minimum atomic E-state index is -3.61. The lowest BCUT2D eigenvalue weighted by Crippen LogP contribution is -2.48. The summed E-state index contributed by atoms with van der Waals surface area (Å²) in [6.45, 7) is 4.14. The predicted molar refractivity (Wildman–Crippen MR) is 93.0 cm³/mol. The largest absolute Gasteiger partial charge is 0.341 e. The molecule has 0 saturated carbocycles. The second kappa shape index (κ2) is 7.23. The molecule has 0 spiro atoms. The Labute approximate surface area is 144 Å². The van der Waals surface area contributed by atoms with E-state index in [0.29, 0.717) is 18.9 Å². The summed E-state index contributed by atoms with van der Waals surface area (Å²) in [7, 11) is -3.61. The van der Waals surface area contributed by atoms with Crippen LogP contribution in [0.4, 0.5) is 0 Å². The van der Waals surface area contributed by atoms with E-state index >= 15 is 0 Å². The summed E-state index contributed by atoms with van der Waals surface area (Å²) in [5, 5.41) is 0. The fourth-order valence-corrected chi connectivity index (χ4v) is 5.37. The van der Waals surface area contributed by atoms with E-state index in [9.17, 15) is 13.2 Å². The van der Waals surface area contributed by atoms with Gasteiger partial charge in [0.25, 0.3) is 0 Å². The van der Waals surface area contributed by atoms with Gasteiger partial charge in [0.1, 0.15) is 6.04 Å². The quantitative estimate of drug-likeness (QED) is 0.841. The minimum Gasteiger partial charge on any atom is -0.341 e. The Kier molecular flexibility index (Phi) is 5.25. The van der Waals surface area contributed by atoms with Crippen molar-refractivity contribution >= 4 is 15.9 Å². The molecule has 0 aromatic heterocycles. The summed E-state index contributed by atoms with van der Waals surface area (Å²) in [6, 6.07) is 7.89. The summed E-state index contributed by atoms with van der Waals surface area (Å²) < 4.78 is 27.2. The number of amides is 1. The van der Waals surface area contributed by atoms with Gasteiger partial charge in [0.15, 0.2) is 0 Å². The van der Waals surface area contributed by atoms with E-state index < -0.39 is 16.1 Å². The second-order valence-electron chi connectivity index (χ2n) is 6.95. The lowest BCUT2D eigenvalue weighted by molar-refractivity contribution is -0.134. The number of nitrogens with zero attached hydrogens (tertiary/aromatic N) is 2. The number of hydrogen-bond donors (Lipinski definition) is 0. The van der Waals surface area contributed by atoms with Crippen molar-refractivity contribution in [3.8, 4) is 0 Å². The van der Waals surface area contributed by atoms with Crippen LogP contribution in [0.3, 0.4) is 0 Å². The molecule has 1 aromatic carbocycles. The zero-order chi connectivity index (χ0) is 17.2. The molecule has 132 valence electrons. The maximum Gasteiger partial charge on any atom is 0.243 e. The van der Waals surface area contributed by atoms with Crippen LogP contribution in [0.2, 0.25) is 0 Å². The Morgan fingerprint density at radius 3 is 2.46 bits per heavy atom. The van der Waals surface area contributed by atoms with Crippen LogP contribution in [0, 0.1) is 5.92 Å². The van der Waals surface area contributed by atoms with E-state index in [4.69, 9.17) is 0 Å². The average Bonchev–Trinajstić information content (AvgIpc) is 2.99. The van der Waals surface area contributed by atoms with Gasteiger partial charge in [-0.2, -0.15) is 4.31 Å². The van der Waals surface area contributed by atoms with E-state index in [2.05, 4.69) is 6.92 Å². The molecule has 1 amide bonds. The standard InChI is InChI=1S/C18H26N2O3S/c1-15-7-5-12-19(14-11-15)18(21)17-10-6-13-20(17)24(22,23)16-8-3-2-4-9-16/h2-4,8-9,15,17H,5-7,10-14H2,1H3. The molecule has 2 saturated heterocycles. The van der Waals surface area contributed by atoms with E-state index in [1.807, 2.05) is 4.90 Å². The monoisotopic (exact) mass is 350 g/mol. The molecule has 2 atom stereocenters. The Balaban J connectivity index is 1.79. The summed E-state index contributed by atoms with van der Waals surface area (Å²) in [4.78, 5) is 15.1. The topological polar surface area (TPSA) is 57.7 Å².